The van der Waals surface area contributed by atoms with Crippen LogP contribution in [-0.4, -0.2) is 71.7 Å². The lowest BCUT2D eigenvalue weighted by molar-refractivity contribution is -0.177. The summed E-state index contributed by atoms with van der Waals surface area (Å²) in [5, 5.41) is 2.92. The SMILES string of the molecule is COc1cccc(NC(=O)N2CCC3(CC2)O[C@@H](C(=O)N(C)C)Cn2ccnc23)c1. The maximum Gasteiger partial charge on any atom is 0.321 e. The van der Waals surface area contributed by atoms with Gasteiger partial charge in [0, 0.05) is 64.2 Å². The Balaban J connectivity index is 1.46. The quantitative estimate of drug-likeness (QED) is 0.830. The Hall–Kier alpha value is -3.07. The Labute approximate surface area is 175 Å². The number of hydrogen-bond acceptors (Lipinski definition) is 5. The van der Waals surface area contributed by atoms with E-state index < -0.39 is 11.7 Å². The fraction of sp³-hybridized carbons (Fsp3) is 0.476. The first kappa shape index (κ1) is 20.2. The molecule has 0 bridgehead atoms. The fourth-order valence-corrected chi connectivity index (χ4v) is 4.13. The van der Waals surface area contributed by atoms with Gasteiger partial charge >= 0.3 is 6.03 Å². The molecular formula is C21H27N5O4. The Morgan fingerprint density at radius 2 is 2.07 bits per heavy atom. The molecule has 4 rings (SSSR count). The molecule has 0 aliphatic carbocycles. The third kappa shape index (κ3) is 3.72. The average molecular weight is 413 g/mol. The molecule has 160 valence electrons. The lowest BCUT2D eigenvalue weighted by Crippen LogP contribution is -2.55. The van der Waals surface area contributed by atoms with Gasteiger partial charge in [-0.05, 0) is 12.1 Å². The highest BCUT2D eigenvalue weighted by Gasteiger charge is 2.47. The standard InChI is InChI=1S/C21H27N5O4/c1-24(2)18(27)17-14-26-12-9-22-19(26)21(30-17)7-10-25(11-8-21)20(28)23-15-5-4-6-16(13-15)29-3/h4-6,9,12-13,17H,7-8,10-11,14H2,1-3H3,(H,23,28)/t17-/m1/s1. The highest BCUT2D eigenvalue weighted by molar-refractivity contribution is 5.89. The molecule has 3 amide bonds. The van der Waals surface area contributed by atoms with Crippen molar-refractivity contribution in [2.45, 2.75) is 31.1 Å². The number of likely N-dealkylation sites (tertiary alicyclic amines) is 1. The molecule has 1 N–H and O–H groups in total. The minimum Gasteiger partial charge on any atom is -0.497 e. The minimum atomic E-state index is -0.662. The van der Waals surface area contributed by atoms with E-state index >= 15 is 0 Å². The van der Waals surface area contributed by atoms with Crippen molar-refractivity contribution in [2.24, 2.45) is 0 Å². The summed E-state index contributed by atoms with van der Waals surface area (Å²) in [5.74, 6) is 1.45. The van der Waals surface area contributed by atoms with E-state index in [1.807, 2.05) is 29.0 Å². The number of ether oxygens (including phenoxy) is 2. The topological polar surface area (TPSA) is 88.9 Å². The molecule has 0 saturated carbocycles. The normalized spacial score (nSPS) is 19.8. The molecule has 9 nitrogen and oxygen atoms in total. The number of piperidine rings is 1. The van der Waals surface area contributed by atoms with Crippen LogP contribution in [0.5, 0.6) is 5.75 Å². The van der Waals surface area contributed by atoms with Gasteiger partial charge in [-0.2, -0.15) is 0 Å². The van der Waals surface area contributed by atoms with Crippen molar-refractivity contribution in [3.8, 4) is 5.75 Å². The van der Waals surface area contributed by atoms with E-state index in [2.05, 4.69) is 10.3 Å². The van der Waals surface area contributed by atoms with Crippen molar-refractivity contribution in [3.63, 3.8) is 0 Å². The van der Waals surface area contributed by atoms with Crippen molar-refractivity contribution in [1.82, 2.24) is 19.4 Å². The average Bonchev–Trinajstić information content (AvgIpc) is 3.23. The first-order valence-corrected chi connectivity index (χ1v) is 10.0. The fourth-order valence-electron chi connectivity index (χ4n) is 4.13. The van der Waals surface area contributed by atoms with Gasteiger partial charge in [0.25, 0.3) is 5.91 Å². The van der Waals surface area contributed by atoms with Gasteiger partial charge in [-0.1, -0.05) is 6.07 Å². The predicted molar refractivity (Wildman–Crippen MR) is 110 cm³/mol. The molecule has 3 heterocycles. The maximum atomic E-state index is 12.7. The second kappa shape index (κ2) is 7.98. The van der Waals surface area contributed by atoms with Crippen LogP contribution in [0.3, 0.4) is 0 Å². The first-order valence-electron chi connectivity index (χ1n) is 10.0. The first-order chi connectivity index (χ1) is 14.4. The van der Waals surface area contributed by atoms with Crippen molar-refractivity contribution in [3.05, 3.63) is 42.5 Å². The zero-order chi connectivity index (χ0) is 21.3. The number of imidazole rings is 1. The number of nitrogens with zero attached hydrogens (tertiary/aromatic N) is 4. The Morgan fingerprint density at radius 3 is 2.77 bits per heavy atom. The van der Waals surface area contributed by atoms with Crippen LogP contribution in [0.25, 0.3) is 0 Å². The number of likely N-dealkylation sites (N-methyl/N-ethyl adjacent to an activating group) is 1. The number of hydrogen-bond donors (Lipinski definition) is 1. The molecule has 9 heteroatoms. The second-order valence-corrected chi connectivity index (χ2v) is 7.89. The summed E-state index contributed by atoms with van der Waals surface area (Å²) in [4.78, 5) is 33.1. The third-order valence-corrected chi connectivity index (χ3v) is 5.75. The smallest absolute Gasteiger partial charge is 0.321 e. The van der Waals surface area contributed by atoms with E-state index in [0.29, 0.717) is 43.9 Å². The van der Waals surface area contributed by atoms with Gasteiger partial charge in [0.15, 0.2) is 6.10 Å². The lowest BCUT2D eigenvalue weighted by Gasteiger charge is -2.45. The molecule has 1 spiro atoms. The number of fused-ring (bicyclic) bond motifs is 2. The summed E-state index contributed by atoms with van der Waals surface area (Å²) in [6, 6.07) is 7.09. The van der Waals surface area contributed by atoms with Crippen LogP contribution in [0, 0.1) is 0 Å². The van der Waals surface area contributed by atoms with Crippen LogP contribution in [0.4, 0.5) is 10.5 Å². The van der Waals surface area contributed by atoms with E-state index in [-0.39, 0.29) is 11.9 Å². The number of urea groups is 1. The predicted octanol–water partition coefficient (Wildman–Crippen LogP) is 1.90. The molecule has 30 heavy (non-hydrogen) atoms. The van der Waals surface area contributed by atoms with Gasteiger partial charge in [0.05, 0.1) is 13.7 Å². The van der Waals surface area contributed by atoms with Gasteiger partial charge < -0.3 is 29.2 Å². The number of benzene rings is 1. The maximum absolute atomic E-state index is 12.7. The number of rotatable bonds is 3. The van der Waals surface area contributed by atoms with Gasteiger partial charge in [0.1, 0.15) is 17.2 Å². The van der Waals surface area contributed by atoms with E-state index in [9.17, 15) is 9.59 Å². The van der Waals surface area contributed by atoms with Crippen molar-refractivity contribution < 1.29 is 19.1 Å². The summed E-state index contributed by atoms with van der Waals surface area (Å²) in [5.41, 5.74) is 0.0194. The highest BCUT2D eigenvalue weighted by atomic mass is 16.5. The Bertz CT molecular complexity index is 933. The number of carbonyl (C=O) groups excluding carboxylic acids is 2. The van der Waals surface area contributed by atoms with E-state index in [4.69, 9.17) is 9.47 Å². The summed E-state index contributed by atoms with van der Waals surface area (Å²) in [7, 11) is 5.05. The summed E-state index contributed by atoms with van der Waals surface area (Å²) in [6.45, 7) is 1.46. The Morgan fingerprint density at radius 1 is 1.30 bits per heavy atom. The van der Waals surface area contributed by atoms with Crippen molar-refractivity contribution in [1.29, 1.82) is 0 Å². The zero-order valence-electron chi connectivity index (χ0n) is 17.5. The molecule has 1 fully saturated rings. The van der Waals surface area contributed by atoms with Crippen molar-refractivity contribution >= 4 is 17.6 Å². The van der Waals surface area contributed by atoms with Gasteiger partial charge in [-0.3, -0.25) is 4.79 Å². The number of anilines is 1. The zero-order valence-corrected chi connectivity index (χ0v) is 17.5. The molecule has 1 saturated heterocycles. The highest BCUT2D eigenvalue weighted by Crippen LogP contribution is 2.40. The van der Waals surface area contributed by atoms with E-state index in [1.165, 1.54) is 0 Å². The van der Waals surface area contributed by atoms with E-state index in [0.717, 1.165) is 5.82 Å². The summed E-state index contributed by atoms with van der Waals surface area (Å²) in [6.07, 6.45) is 4.22. The largest absolute Gasteiger partial charge is 0.497 e. The molecule has 1 aromatic carbocycles. The van der Waals surface area contributed by atoms with Gasteiger partial charge in [0.2, 0.25) is 0 Å². The molecule has 2 aromatic rings. The Kier molecular flexibility index (Phi) is 5.38. The van der Waals surface area contributed by atoms with Gasteiger partial charge in [-0.25, -0.2) is 9.78 Å². The molecule has 1 atom stereocenters. The molecule has 1 aromatic heterocycles. The molecule has 0 unspecified atom stereocenters. The van der Waals surface area contributed by atoms with Crippen LogP contribution >= 0.6 is 0 Å². The lowest BCUT2D eigenvalue weighted by atomic mass is 9.88. The molecular weight excluding hydrogens is 386 g/mol. The van der Waals surface area contributed by atoms with Crippen LogP contribution in [0.2, 0.25) is 0 Å². The van der Waals surface area contributed by atoms with Crippen LogP contribution in [-0.2, 0) is 21.7 Å². The van der Waals surface area contributed by atoms with Crippen LogP contribution in [0.15, 0.2) is 36.7 Å². The second-order valence-electron chi connectivity index (χ2n) is 7.89. The third-order valence-electron chi connectivity index (χ3n) is 5.75. The molecule has 2 aliphatic rings. The number of amides is 3. The molecule has 0 radical (unpaired) electrons. The number of aromatic nitrogens is 2. The summed E-state index contributed by atoms with van der Waals surface area (Å²) < 4.78 is 13.6. The van der Waals surface area contributed by atoms with E-state index in [1.54, 1.807) is 43.3 Å². The van der Waals surface area contributed by atoms with Gasteiger partial charge in [-0.15, -0.1) is 0 Å². The number of methoxy groups -OCH3 is 1. The minimum absolute atomic E-state index is 0.0630. The van der Waals surface area contributed by atoms with Crippen molar-refractivity contribution in [2.75, 3.05) is 39.6 Å². The van der Waals surface area contributed by atoms with Crippen LogP contribution < -0.4 is 10.1 Å². The number of carbonyl (C=O) groups is 2. The number of nitrogens with one attached hydrogen (secondary N) is 1. The van der Waals surface area contributed by atoms with Crippen LogP contribution in [0.1, 0.15) is 18.7 Å². The monoisotopic (exact) mass is 413 g/mol. The molecule has 2 aliphatic heterocycles. The summed E-state index contributed by atoms with van der Waals surface area (Å²) >= 11 is 0.